The third-order valence-electron chi connectivity index (χ3n) is 0.0796. The maximum absolute atomic E-state index is 9.20. The van der Waals surface area contributed by atoms with Gasteiger partial charge in [-0.1, -0.05) is 0 Å². The zero-order valence-corrected chi connectivity index (χ0v) is 8.15. The molecule has 0 saturated heterocycles. The van der Waals surface area contributed by atoms with Crippen molar-refractivity contribution in [1.82, 2.24) is 0 Å². The van der Waals surface area contributed by atoms with Gasteiger partial charge in [-0.05, 0) is 0 Å². The van der Waals surface area contributed by atoms with Crippen LogP contribution in [0, 0.1) is 0 Å². The zero-order valence-electron chi connectivity index (χ0n) is 4.46. The molecule has 0 bridgehead atoms. The summed E-state index contributed by atoms with van der Waals surface area (Å²) in [5, 5.41) is 0. The van der Waals surface area contributed by atoms with E-state index in [1.165, 1.54) is 0 Å². The number of halogens is 1. The van der Waals surface area contributed by atoms with Crippen molar-refractivity contribution in [2.75, 3.05) is 0 Å². The first kappa shape index (κ1) is 11.6. The van der Waals surface area contributed by atoms with E-state index in [9.17, 15) is 8.42 Å². The molecule has 0 aromatic carbocycles. The Morgan fingerprint density at radius 2 is 1.86 bits per heavy atom. The normalized spacial score (nSPS) is 10.0. The maximum atomic E-state index is 9.20. The Labute approximate surface area is 90.2 Å². The van der Waals surface area contributed by atoms with Crippen molar-refractivity contribution in [1.29, 1.82) is 0 Å². The molecule has 0 amide bonds. The molecule has 40 valence electrons. The van der Waals surface area contributed by atoms with Crippen molar-refractivity contribution in [3.63, 3.8) is 0 Å². The molecule has 0 spiro atoms. The largest absolute Gasteiger partial charge is 1.00 e. The zero-order chi connectivity index (χ0) is 5.21. The molecule has 0 aliphatic carbocycles. The third-order valence-corrected chi connectivity index (χ3v) is 0.716. The molecule has 0 aliphatic heterocycles. The average Bonchev–Trinajstić information content (AvgIpc) is 1.35. The summed E-state index contributed by atoms with van der Waals surface area (Å²) in [5.41, 5.74) is 0. The molecule has 0 aliphatic rings. The van der Waals surface area contributed by atoms with Crippen LogP contribution in [-0.4, -0.2) is 13.0 Å². The molecule has 0 aromatic heterocycles. The molecule has 0 rings (SSSR count). The van der Waals surface area contributed by atoms with Crippen molar-refractivity contribution in [2.45, 2.75) is 0 Å². The van der Waals surface area contributed by atoms with Gasteiger partial charge in [0.15, 0.2) is 0 Å². The Hall–Kier alpha value is 1.80. The monoisotopic (exact) mass is 172 g/mol. The standard InChI is InChI=1S/ClHO4S.K.H/c1-5-6(2,3)4;;/h(H,2,3,4);;/q;+1;-1. The van der Waals surface area contributed by atoms with Gasteiger partial charge in [-0.15, -0.1) is 3.74 Å². The third kappa shape index (κ3) is 11.4. The predicted octanol–water partition coefficient (Wildman–Crippen LogP) is -2.92. The van der Waals surface area contributed by atoms with Gasteiger partial charge in [0.1, 0.15) is 0 Å². The molecule has 7 heteroatoms. The second-order valence-electron chi connectivity index (χ2n) is 0.491. The molecule has 0 heterocycles. The van der Waals surface area contributed by atoms with Crippen LogP contribution in [0.1, 0.15) is 1.43 Å². The Morgan fingerprint density at radius 3 is 1.86 bits per heavy atom. The van der Waals surface area contributed by atoms with Gasteiger partial charge < -0.3 is 1.43 Å². The molecule has 0 unspecified atom stereocenters. The fourth-order valence-electron chi connectivity index (χ4n) is 0. The van der Waals surface area contributed by atoms with Gasteiger partial charge in [-0.25, -0.2) is 0 Å². The molecule has 4 nitrogen and oxygen atoms in total. The first-order chi connectivity index (χ1) is 2.56. The second kappa shape index (κ2) is 4.65. The summed E-state index contributed by atoms with van der Waals surface area (Å²) in [6.07, 6.45) is 0. The summed E-state index contributed by atoms with van der Waals surface area (Å²) in [6, 6.07) is 0. The SMILES string of the molecule is O=S(=O)(O)OCl.[H-].[K+]. The Morgan fingerprint density at radius 1 is 1.71 bits per heavy atom. The Balaban J connectivity index is -0.000000125. The van der Waals surface area contributed by atoms with Crippen LogP contribution < -0.4 is 51.4 Å². The van der Waals surface area contributed by atoms with Gasteiger partial charge in [0, 0.05) is 0 Å². The molecule has 0 aromatic rings. The van der Waals surface area contributed by atoms with Crippen LogP contribution in [0.25, 0.3) is 0 Å². The Bertz CT molecular complexity index is 118. The van der Waals surface area contributed by atoms with Gasteiger partial charge in [0.2, 0.25) is 0 Å². The van der Waals surface area contributed by atoms with Crippen molar-refractivity contribution in [3.05, 3.63) is 0 Å². The molecule has 0 saturated carbocycles. The molecule has 0 atom stereocenters. The van der Waals surface area contributed by atoms with E-state index < -0.39 is 10.4 Å². The van der Waals surface area contributed by atoms with Crippen molar-refractivity contribution < 1.29 is 69.5 Å². The minimum atomic E-state index is -4.40. The van der Waals surface area contributed by atoms with E-state index in [0.29, 0.717) is 0 Å². The second-order valence-corrected chi connectivity index (χ2v) is 1.85. The van der Waals surface area contributed by atoms with Crippen molar-refractivity contribution in [2.24, 2.45) is 0 Å². The number of rotatable bonds is 1. The number of hydrogen-bond acceptors (Lipinski definition) is 3. The fourth-order valence-corrected chi connectivity index (χ4v) is 0. The summed E-state index contributed by atoms with van der Waals surface area (Å²) in [6.45, 7) is 0. The quantitative estimate of drug-likeness (QED) is 0.340. The van der Waals surface area contributed by atoms with E-state index >= 15 is 0 Å². The van der Waals surface area contributed by atoms with Gasteiger partial charge in [-0.3, -0.25) is 4.55 Å². The van der Waals surface area contributed by atoms with E-state index in [2.05, 4.69) is 15.6 Å². The number of hydrogen-bond donors (Lipinski definition) is 1. The van der Waals surface area contributed by atoms with E-state index in [4.69, 9.17) is 4.55 Å². The van der Waals surface area contributed by atoms with Crippen LogP contribution in [0.5, 0.6) is 0 Å². The molecule has 1 N–H and O–H groups in total. The molecule has 0 radical (unpaired) electrons. The minimum absolute atomic E-state index is 0. The molecule has 7 heavy (non-hydrogen) atoms. The summed E-state index contributed by atoms with van der Waals surface area (Å²) in [4.78, 5) is 0. The van der Waals surface area contributed by atoms with Crippen LogP contribution >= 0.6 is 11.9 Å². The fraction of sp³-hybridized carbons (Fsp3) is 0. The molecular formula is H2ClKO4S. The summed E-state index contributed by atoms with van der Waals surface area (Å²) in [7, 11) is -4.40. The average molecular weight is 173 g/mol. The van der Waals surface area contributed by atoms with Gasteiger partial charge in [0.25, 0.3) is 0 Å². The van der Waals surface area contributed by atoms with Gasteiger partial charge >= 0.3 is 61.8 Å². The first-order valence-corrected chi connectivity index (χ1v) is 2.51. The van der Waals surface area contributed by atoms with E-state index in [1.54, 1.807) is 0 Å². The maximum Gasteiger partial charge on any atom is 1.00 e. The summed E-state index contributed by atoms with van der Waals surface area (Å²) >= 11 is 4.14. The molecule has 0 fully saturated rings. The van der Waals surface area contributed by atoms with Crippen LogP contribution in [0.4, 0.5) is 0 Å². The first-order valence-electron chi connectivity index (χ1n) is 0.837. The van der Waals surface area contributed by atoms with Gasteiger partial charge in [0.05, 0.1) is 11.9 Å². The molecular weight excluding hydrogens is 171 g/mol. The van der Waals surface area contributed by atoms with E-state index in [0.717, 1.165) is 0 Å². The van der Waals surface area contributed by atoms with Crippen molar-refractivity contribution in [3.8, 4) is 0 Å². The smallest absolute Gasteiger partial charge is 1.00 e. The Kier molecular flexibility index (Phi) is 7.70. The van der Waals surface area contributed by atoms with Crippen LogP contribution in [0.15, 0.2) is 0 Å². The summed E-state index contributed by atoms with van der Waals surface area (Å²) < 4.78 is 28.8. The van der Waals surface area contributed by atoms with Crippen LogP contribution in [0.2, 0.25) is 0 Å². The van der Waals surface area contributed by atoms with Gasteiger partial charge in [-0.2, -0.15) is 8.42 Å². The van der Waals surface area contributed by atoms with E-state index in [1.807, 2.05) is 0 Å². The van der Waals surface area contributed by atoms with E-state index in [-0.39, 0.29) is 52.8 Å². The predicted molar refractivity (Wildman–Crippen MR) is 19.6 cm³/mol. The topological polar surface area (TPSA) is 63.6 Å². The summed E-state index contributed by atoms with van der Waals surface area (Å²) in [5.74, 6) is 0. The van der Waals surface area contributed by atoms with Crippen LogP contribution in [0.3, 0.4) is 0 Å². The van der Waals surface area contributed by atoms with Crippen molar-refractivity contribution >= 4 is 22.3 Å². The van der Waals surface area contributed by atoms with Crippen LogP contribution in [-0.2, 0) is 14.1 Å². The minimum Gasteiger partial charge on any atom is -1.00 e.